The molecule has 1 heterocycles. The van der Waals surface area contributed by atoms with Gasteiger partial charge in [0.05, 0.1) is 10.6 Å². The van der Waals surface area contributed by atoms with Crippen molar-refractivity contribution in [2.24, 2.45) is 5.73 Å². The highest BCUT2D eigenvalue weighted by molar-refractivity contribution is 7.92. The third kappa shape index (κ3) is 3.07. The normalized spacial score (nSPS) is 11.3. The van der Waals surface area contributed by atoms with Crippen LogP contribution in [0.3, 0.4) is 0 Å². The van der Waals surface area contributed by atoms with Gasteiger partial charge in [0.25, 0.3) is 10.0 Å². The monoisotopic (exact) mass is 281 g/mol. The molecule has 0 aliphatic carbocycles. The van der Waals surface area contributed by atoms with Gasteiger partial charge in [-0.1, -0.05) is 0 Å². The number of halogens is 1. The second-order valence-corrected chi connectivity index (χ2v) is 5.48. The fourth-order valence-corrected chi connectivity index (χ4v) is 2.62. The van der Waals surface area contributed by atoms with Crippen molar-refractivity contribution < 1.29 is 12.8 Å². The predicted octanol–water partition coefficient (Wildman–Crippen LogP) is 1.48. The zero-order valence-electron chi connectivity index (χ0n) is 9.88. The van der Waals surface area contributed by atoms with E-state index >= 15 is 0 Å². The summed E-state index contributed by atoms with van der Waals surface area (Å²) in [7, 11) is -3.76. The lowest BCUT2D eigenvalue weighted by Gasteiger charge is -2.09. The second kappa shape index (κ2) is 5.33. The van der Waals surface area contributed by atoms with Crippen LogP contribution in [0.15, 0.2) is 47.6 Å². The number of hydrogen-bond acceptors (Lipinski definition) is 4. The van der Waals surface area contributed by atoms with Crippen LogP contribution in [0.2, 0.25) is 0 Å². The minimum Gasteiger partial charge on any atom is -0.326 e. The number of aromatic nitrogens is 1. The molecule has 0 saturated carbocycles. The average Bonchev–Trinajstić information content (AvgIpc) is 2.39. The van der Waals surface area contributed by atoms with Crippen molar-refractivity contribution in [2.75, 3.05) is 4.72 Å². The Kier molecular flexibility index (Phi) is 3.77. The van der Waals surface area contributed by atoms with Crippen LogP contribution in [-0.2, 0) is 16.6 Å². The molecule has 0 fully saturated rings. The maximum atomic E-state index is 13.3. The number of nitrogens with zero attached hydrogens (tertiary/aromatic N) is 1. The molecule has 0 aliphatic rings. The third-order valence-electron chi connectivity index (χ3n) is 2.48. The number of sulfonamides is 1. The predicted molar refractivity (Wildman–Crippen MR) is 69.3 cm³/mol. The zero-order chi connectivity index (χ0) is 13.9. The lowest BCUT2D eigenvalue weighted by atomic mass is 10.2. The standard InChI is InChI=1S/C12H12FN3O2S/c13-12-2-1-11(7-9(12)8-14)19(17,18)16-10-3-5-15-6-4-10/h1-7H,8,14H2,(H,15,16). The molecular formula is C12H12FN3O2S. The second-order valence-electron chi connectivity index (χ2n) is 3.80. The molecule has 2 rings (SSSR count). The number of nitrogens with one attached hydrogen (secondary N) is 1. The van der Waals surface area contributed by atoms with Gasteiger partial charge >= 0.3 is 0 Å². The summed E-state index contributed by atoms with van der Waals surface area (Å²) in [4.78, 5) is 3.75. The number of nitrogens with two attached hydrogens (primary N) is 1. The first-order valence-electron chi connectivity index (χ1n) is 5.44. The largest absolute Gasteiger partial charge is 0.326 e. The molecule has 100 valence electrons. The van der Waals surface area contributed by atoms with Crippen LogP contribution in [0.5, 0.6) is 0 Å². The maximum Gasteiger partial charge on any atom is 0.261 e. The van der Waals surface area contributed by atoms with Crippen LogP contribution in [-0.4, -0.2) is 13.4 Å². The molecule has 1 aromatic carbocycles. The first-order valence-corrected chi connectivity index (χ1v) is 6.92. The van der Waals surface area contributed by atoms with Gasteiger partial charge in [0.2, 0.25) is 0 Å². The Hall–Kier alpha value is -1.99. The Morgan fingerprint density at radius 1 is 1.21 bits per heavy atom. The lowest BCUT2D eigenvalue weighted by molar-refractivity contribution is 0.596. The SMILES string of the molecule is NCc1cc(S(=O)(=O)Nc2ccncc2)ccc1F. The third-order valence-corrected chi connectivity index (χ3v) is 3.86. The molecule has 19 heavy (non-hydrogen) atoms. The summed E-state index contributed by atoms with van der Waals surface area (Å²) in [5.41, 5.74) is 5.89. The fourth-order valence-electron chi connectivity index (χ4n) is 1.51. The summed E-state index contributed by atoms with van der Waals surface area (Å²) in [5, 5.41) is 0. The molecule has 0 bridgehead atoms. The van der Waals surface area contributed by atoms with E-state index in [1.54, 1.807) is 0 Å². The number of pyridine rings is 1. The van der Waals surface area contributed by atoms with Crippen LogP contribution in [0.4, 0.5) is 10.1 Å². The molecule has 0 unspecified atom stereocenters. The van der Waals surface area contributed by atoms with E-state index < -0.39 is 15.8 Å². The van der Waals surface area contributed by atoms with Gasteiger partial charge in [-0.25, -0.2) is 12.8 Å². The molecule has 7 heteroatoms. The van der Waals surface area contributed by atoms with Gasteiger partial charge < -0.3 is 5.73 Å². The van der Waals surface area contributed by atoms with E-state index in [0.29, 0.717) is 5.69 Å². The van der Waals surface area contributed by atoms with Crippen molar-refractivity contribution in [3.8, 4) is 0 Å². The van der Waals surface area contributed by atoms with Crippen molar-refractivity contribution in [3.63, 3.8) is 0 Å². The average molecular weight is 281 g/mol. The first-order chi connectivity index (χ1) is 9.03. The first kappa shape index (κ1) is 13.4. The van der Waals surface area contributed by atoms with Crippen LogP contribution in [0.25, 0.3) is 0 Å². The molecule has 0 radical (unpaired) electrons. The Labute approximate surface area is 110 Å². The van der Waals surface area contributed by atoms with Gasteiger partial charge in [-0.3, -0.25) is 9.71 Å². The van der Waals surface area contributed by atoms with Crippen molar-refractivity contribution in [2.45, 2.75) is 11.4 Å². The highest BCUT2D eigenvalue weighted by atomic mass is 32.2. The highest BCUT2D eigenvalue weighted by Gasteiger charge is 2.15. The Balaban J connectivity index is 2.35. The summed E-state index contributed by atoms with van der Waals surface area (Å²) >= 11 is 0. The van der Waals surface area contributed by atoms with Crippen molar-refractivity contribution in [3.05, 3.63) is 54.1 Å². The van der Waals surface area contributed by atoms with Crippen molar-refractivity contribution in [1.82, 2.24) is 4.98 Å². The van der Waals surface area contributed by atoms with E-state index in [9.17, 15) is 12.8 Å². The quantitative estimate of drug-likeness (QED) is 0.889. The molecule has 1 aromatic heterocycles. The summed E-state index contributed by atoms with van der Waals surface area (Å²) < 4.78 is 39.8. The van der Waals surface area contributed by atoms with E-state index in [2.05, 4.69) is 9.71 Å². The van der Waals surface area contributed by atoms with E-state index in [1.165, 1.54) is 36.7 Å². The number of rotatable bonds is 4. The summed E-state index contributed by atoms with van der Waals surface area (Å²) in [5.74, 6) is -0.523. The molecule has 5 nitrogen and oxygen atoms in total. The molecular weight excluding hydrogens is 269 g/mol. The Bertz CT molecular complexity index is 675. The van der Waals surface area contributed by atoms with Gasteiger partial charge in [0.1, 0.15) is 5.82 Å². The highest BCUT2D eigenvalue weighted by Crippen LogP contribution is 2.18. The Morgan fingerprint density at radius 3 is 2.53 bits per heavy atom. The van der Waals surface area contributed by atoms with E-state index in [-0.39, 0.29) is 17.0 Å². The van der Waals surface area contributed by atoms with Crippen molar-refractivity contribution >= 4 is 15.7 Å². The van der Waals surface area contributed by atoms with E-state index in [4.69, 9.17) is 5.73 Å². The van der Waals surface area contributed by atoms with Gasteiger partial charge in [-0.15, -0.1) is 0 Å². The lowest BCUT2D eigenvalue weighted by Crippen LogP contribution is -2.14. The van der Waals surface area contributed by atoms with Crippen LogP contribution in [0.1, 0.15) is 5.56 Å². The van der Waals surface area contributed by atoms with Gasteiger partial charge in [-0.05, 0) is 30.3 Å². The fraction of sp³-hybridized carbons (Fsp3) is 0.0833. The van der Waals surface area contributed by atoms with Gasteiger partial charge in [0.15, 0.2) is 0 Å². The van der Waals surface area contributed by atoms with E-state index in [1.807, 2.05) is 0 Å². The van der Waals surface area contributed by atoms with Crippen LogP contribution in [0, 0.1) is 5.82 Å². The van der Waals surface area contributed by atoms with Crippen LogP contribution >= 0.6 is 0 Å². The molecule has 0 amide bonds. The zero-order valence-corrected chi connectivity index (χ0v) is 10.7. The van der Waals surface area contributed by atoms with Gasteiger partial charge in [0, 0.05) is 24.5 Å². The number of anilines is 1. The molecule has 0 atom stereocenters. The molecule has 3 N–H and O–H groups in total. The van der Waals surface area contributed by atoms with Crippen molar-refractivity contribution in [1.29, 1.82) is 0 Å². The molecule has 0 saturated heterocycles. The topological polar surface area (TPSA) is 85.1 Å². The molecule has 0 aliphatic heterocycles. The van der Waals surface area contributed by atoms with Crippen LogP contribution < -0.4 is 10.5 Å². The molecule has 0 spiro atoms. The Morgan fingerprint density at radius 2 is 1.89 bits per heavy atom. The van der Waals surface area contributed by atoms with E-state index in [0.717, 1.165) is 6.07 Å². The minimum absolute atomic E-state index is 0.0360. The minimum atomic E-state index is -3.76. The molecule has 2 aromatic rings. The summed E-state index contributed by atoms with van der Waals surface area (Å²) in [6, 6.07) is 6.54. The number of benzene rings is 1. The maximum absolute atomic E-state index is 13.3. The number of hydrogen-bond donors (Lipinski definition) is 2. The summed E-state index contributed by atoms with van der Waals surface area (Å²) in [6.45, 7) is -0.0650. The summed E-state index contributed by atoms with van der Waals surface area (Å²) in [6.07, 6.45) is 2.93. The smallest absolute Gasteiger partial charge is 0.261 e. The van der Waals surface area contributed by atoms with Gasteiger partial charge in [-0.2, -0.15) is 0 Å².